The minimum absolute atomic E-state index is 0.0861. The Bertz CT molecular complexity index is 497. The largest absolute Gasteiger partial charge is 0.496 e. The van der Waals surface area contributed by atoms with Crippen molar-refractivity contribution in [2.75, 3.05) is 26.7 Å². The van der Waals surface area contributed by atoms with Crippen molar-refractivity contribution in [1.29, 1.82) is 0 Å². The number of benzene rings is 1. The van der Waals surface area contributed by atoms with E-state index in [0.717, 1.165) is 43.8 Å². The molecule has 1 unspecified atom stereocenters. The second-order valence-corrected chi connectivity index (χ2v) is 5.97. The highest BCUT2D eigenvalue weighted by molar-refractivity contribution is 5.80. The fourth-order valence-corrected chi connectivity index (χ4v) is 3.59. The van der Waals surface area contributed by atoms with Crippen LogP contribution in [0.25, 0.3) is 0 Å². The third kappa shape index (κ3) is 2.91. The van der Waals surface area contributed by atoms with Gasteiger partial charge in [-0.2, -0.15) is 0 Å². The average Bonchev–Trinajstić information content (AvgIpc) is 3.08. The lowest BCUT2D eigenvalue weighted by molar-refractivity contribution is -0.138. The molecule has 4 nitrogen and oxygen atoms in total. The van der Waals surface area contributed by atoms with Crippen LogP contribution in [-0.4, -0.2) is 37.6 Å². The quantitative estimate of drug-likeness (QED) is 0.928. The Kier molecular flexibility index (Phi) is 4.44. The number of nitrogens with zero attached hydrogens (tertiary/aromatic N) is 1. The number of hydrogen-bond donors (Lipinski definition) is 1. The molecule has 1 saturated heterocycles. The minimum atomic E-state index is 0.0861. The Balaban J connectivity index is 1.85. The molecule has 21 heavy (non-hydrogen) atoms. The minimum Gasteiger partial charge on any atom is -0.496 e. The summed E-state index contributed by atoms with van der Waals surface area (Å²) in [5.74, 6) is 1.45. The van der Waals surface area contributed by atoms with Gasteiger partial charge in [-0.3, -0.25) is 4.79 Å². The number of carbonyl (C=O) groups excluding carboxylic acids is 1. The Hall–Kier alpha value is -1.55. The molecule has 2 aliphatic rings. The van der Waals surface area contributed by atoms with Gasteiger partial charge in [0.15, 0.2) is 0 Å². The molecule has 2 fully saturated rings. The molecule has 1 saturated carbocycles. The number of piperazine rings is 1. The van der Waals surface area contributed by atoms with E-state index in [9.17, 15) is 4.79 Å². The first-order valence-electron chi connectivity index (χ1n) is 7.95. The summed E-state index contributed by atoms with van der Waals surface area (Å²) in [7, 11) is 1.69. The van der Waals surface area contributed by atoms with E-state index in [1.807, 2.05) is 18.2 Å². The van der Waals surface area contributed by atoms with Crippen LogP contribution in [0.1, 0.15) is 37.3 Å². The van der Waals surface area contributed by atoms with Crippen LogP contribution in [0.15, 0.2) is 24.3 Å². The highest BCUT2D eigenvalue weighted by Gasteiger charge is 2.34. The number of nitrogens with one attached hydrogen (secondary N) is 1. The first kappa shape index (κ1) is 14.4. The molecule has 4 heteroatoms. The number of methoxy groups -OCH3 is 1. The summed E-state index contributed by atoms with van der Waals surface area (Å²) < 4.78 is 5.49. The van der Waals surface area contributed by atoms with Crippen LogP contribution < -0.4 is 10.1 Å². The molecule has 114 valence electrons. The van der Waals surface area contributed by atoms with Crippen molar-refractivity contribution in [1.82, 2.24) is 10.2 Å². The summed E-state index contributed by atoms with van der Waals surface area (Å²) in [4.78, 5) is 14.9. The molecule has 1 aromatic rings. The van der Waals surface area contributed by atoms with Crippen molar-refractivity contribution in [3.8, 4) is 5.75 Å². The molecule has 1 atom stereocenters. The van der Waals surface area contributed by atoms with Crippen LogP contribution in [0.2, 0.25) is 0 Å². The van der Waals surface area contributed by atoms with Gasteiger partial charge in [-0.25, -0.2) is 0 Å². The van der Waals surface area contributed by atoms with E-state index in [4.69, 9.17) is 4.74 Å². The molecule has 1 N–H and O–H groups in total. The topological polar surface area (TPSA) is 41.6 Å². The number of amides is 1. The summed E-state index contributed by atoms with van der Waals surface area (Å²) in [6.07, 6.45) is 4.51. The normalized spacial score (nSPS) is 23.3. The molecule has 1 heterocycles. The lowest BCUT2D eigenvalue weighted by atomic mass is 9.98. The van der Waals surface area contributed by atoms with Gasteiger partial charge in [0.1, 0.15) is 5.75 Å². The molecule has 0 bridgehead atoms. The van der Waals surface area contributed by atoms with Crippen molar-refractivity contribution >= 4 is 5.91 Å². The average molecular weight is 288 g/mol. The van der Waals surface area contributed by atoms with Crippen LogP contribution in [0, 0.1) is 5.92 Å². The fourth-order valence-electron chi connectivity index (χ4n) is 3.59. The number of para-hydroxylation sites is 1. The van der Waals surface area contributed by atoms with Gasteiger partial charge in [0.25, 0.3) is 0 Å². The van der Waals surface area contributed by atoms with Crippen molar-refractivity contribution in [2.24, 2.45) is 5.92 Å². The fraction of sp³-hybridized carbons (Fsp3) is 0.588. The zero-order valence-corrected chi connectivity index (χ0v) is 12.7. The molecule has 0 spiro atoms. The van der Waals surface area contributed by atoms with E-state index in [1.54, 1.807) is 7.11 Å². The number of carbonyl (C=O) groups is 1. The molecule has 1 amide bonds. The molecular formula is C17H24N2O2. The lowest BCUT2D eigenvalue weighted by Crippen LogP contribution is -2.50. The summed E-state index contributed by atoms with van der Waals surface area (Å²) in [6.45, 7) is 2.47. The van der Waals surface area contributed by atoms with Gasteiger partial charge in [0.2, 0.25) is 5.91 Å². The Morgan fingerprint density at radius 2 is 2.05 bits per heavy atom. The van der Waals surface area contributed by atoms with Gasteiger partial charge in [-0.05, 0) is 18.9 Å². The van der Waals surface area contributed by atoms with Crippen molar-refractivity contribution in [3.05, 3.63) is 29.8 Å². The summed E-state index contributed by atoms with van der Waals surface area (Å²) in [5, 5.41) is 3.41. The van der Waals surface area contributed by atoms with E-state index in [1.165, 1.54) is 12.8 Å². The predicted molar refractivity (Wildman–Crippen MR) is 82.3 cm³/mol. The van der Waals surface area contributed by atoms with Gasteiger partial charge in [-0.1, -0.05) is 31.0 Å². The maximum Gasteiger partial charge on any atom is 0.226 e. The summed E-state index contributed by atoms with van der Waals surface area (Å²) in [5.41, 5.74) is 1.11. The molecular weight excluding hydrogens is 264 g/mol. The monoisotopic (exact) mass is 288 g/mol. The van der Waals surface area contributed by atoms with Gasteiger partial charge in [0, 0.05) is 31.1 Å². The standard InChI is InChI=1S/C17H24N2O2/c1-21-16-9-5-4-8-14(16)15-12-18-10-11-19(15)17(20)13-6-2-3-7-13/h4-5,8-9,13,15,18H,2-3,6-7,10-12H2,1H3. The van der Waals surface area contributed by atoms with Gasteiger partial charge < -0.3 is 15.0 Å². The van der Waals surface area contributed by atoms with Crippen molar-refractivity contribution in [2.45, 2.75) is 31.7 Å². The van der Waals surface area contributed by atoms with E-state index >= 15 is 0 Å². The van der Waals surface area contributed by atoms with E-state index in [-0.39, 0.29) is 12.0 Å². The van der Waals surface area contributed by atoms with Crippen molar-refractivity contribution < 1.29 is 9.53 Å². The first-order valence-corrected chi connectivity index (χ1v) is 7.95. The van der Waals surface area contributed by atoms with Crippen LogP contribution in [0.5, 0.6) is 5.75 Å². The Labute approximate surface area is 126 Å². The zero-order valence-electron chi connectivity index (χ0n) is 12.7. The van der Waals surface area contributed by atoms with Gasteiger partial charge in [0.05, 0.1) is 13.2 Å². The van der Waals surface area contributed by atoms with Crippen LogP contribution in [0.3, 0.4) is 0 Å². The zero-order chi connectivity index (χ0) is 14.7. The summed E-state index contributed by atoms with van der Waals surface area (Å²) >= 11 is 0. The van der Waals surface area contributed by atoms with Crippen LogP contribution in [-0.2, 0) is 4.79 Å². The first-order chi connectivity index (χ1) is 10.3. The highest BCUT2D eigenvalue weighted by atomic mass is 16.5. The van der Waals surface area contributed by atoms with Crippen LogP contribution >= 0.6 is 0 Å². The third-order valence-corrected chi connectivity index (χ3v) is 4.73. The third-order valence-electron chi connectivity index (χ3n) is 4.73. The number of ether oxygens (including phenoxy) is 1. The molecule has 3 rings (SSSR count). The maximum atomic E-state index is 12.8. The SMILES string of the molecule is COc1ccccc1C1CNCCN1C(=O)C1CCCC1. The van der Waals surface area contributed by atoms with E-state index in [0.29, 0.717) is 5.91 Å². The van der Waals surface area contributed by atoms with Crippen molar-refractivity contribution in [3.63, 3.8) is 0 Å². The van der Waals surface area contributed by atoms with Crippen LogP contribution in [0.4, 0.5) is 0 Å². The van der Waals surface area contributed by atoms with E-state index in [2.05, 4.69) is 16.3 Å². The van der Waals surface area contributed by atoms with Gasteiger partial charge >= 0.3 is 0 Å². The highest BCUT2D eigenvalue weighted by Crippen LogP contribution is 2.34. The molecule has 1 aliphatic heterocycles. The molecule has 0 radical (unpaired) electrons. The smallest absolute Gasteiger partial charge is 0.226 e. The maximum absolute atomic E-state index is 12.8. The Morgan fingerprint density at radius 3 is 2.81 bits per heavy atom. The Morgan fingerprint density at radius 1 is 1.29 bits per heavy atom. The second-order valence-electron chi connectivity index (χ2n) is 5.97. The predicted octanol–water partition coefficient (Wildman–Crippen LogP) is 2.36. The summed E-state index contributed by atoms with van der Waals surface area (Å²) in [6, 6.07) is 8.13. The molecule has 1 aromatic carbocycles. The molecule has 0 aromatic heterocycles. The van der Waals surface area contributed by atoms with Gasteiger partial charge in [-0.15, -0.1) is 0 Å². The second kappa shape index (κ2) is 6.48. The lowest BCUT2D eigenvalue weighted by Gasteiger charge is -2.38. The number of hydrogen-bond acceptors (Lipinski definition) is 3. The van der Waals surface area contributed by atoms with E-state index < -0.39 is 0 Å². The molecule has 1 aliphatic carbocycles. The number of rotatable bonds is 3.